The average molecular weight is 399 g/mol. The molecule has 2 unspecified atom stereocenters. The number of benzene rings is 2. The fraction of sp³-hybridized carbons (Fsp3) is 0.240. The number of amides is 2. The quantitative estimate of drug-likeness (QED) is 0.620. The molecule has 2 heterocycles. The predicted molar refractivity (Wildman–Crippen MR) is 119 cm³/mol. The minimum absolute atomic E-state index is 0.0112. The van der Waals surface area contributed by atoms with E-state index >= 15 is 0 Å². The van der Waals surface area contributed by atoms with Gasteiger partial charge < -0.3 is 9.80 Å². The van der Waals surface area contributed by atoms with Crippen LogP contribution in [0.15, 0.2) is 79.1 Å². The van der Waals surface area contributed by atoms with Crippen LogP contribution >= 0.6 is 0 Å². The van der Waals surface area contributed by atoms with E-state index in [4.69, 9.17) is 0 Å². The standard InChI is InChI=1S/C25H25N3O2/c1-3-20-16-24(27(18(2)29)21-11-5-4-6-12-21)22-13-7-8-14-23(22)28(20)25(30)19-10-9-15-26-17-19/h4-15,17,20,24H,3,16H2,1-2H3. The van der Waals surface area contributed by atoms with Crippen LogP contribution in [0.25, 0.3) is 0 Å². The number of hydrogen-bond acceptors (Lipinski definition) is 3. The first kappa shape index (κ1) is 19.8. The highest BCUT2D eigenvalue weighted by atomic mass is 16.2. The van der Waals surface area contributed by atoms with Crippen LogP contribution in [0.3, 0.4) is 0 Å². The number of aromatic nitrogens is 1. The first-order valence-corrected chi connectivity index (χ1v) is 10.3. The number of hydrogen-bond donors (Lipinski definition) is 0. The Labute approximate surface area is 177 Å². The van der Waals surface area contributed by atoms with Gasteiger partial charge in [-0.15, -0.1) is 0 Å². The van der Waals surface area contributed by atoms with Crippen molar-refractivity contribution in [2.75, 3.05) is 9.80 Å². The summed E-state index contributed by atoms with van der Waals surface area (Å²) in [6.07, 6.45) is 4.74. The molecule has 0 saturated heterocycles. The van der Waals surface area contributed by atoms with Crippen molar-refractivity contribution in [3.05, 3.63) is 90.3 Å². The van der Waals surface area contributed by atoms with Gasteiger partial charge in [0.05, 0.1) is 11.6 Å². The van der Waals surface area contributed by atoms with E-state index in [2.05, 4.69) is 11.9 Å². The van der Waals surface area contributed by atoms with E-state index in [0.29, 0.717) is 12.0 Å². The lowest BCUT2D eigenvalue weighted by atomic mass is 9.87. The van der Waals surface area contributed by atoms with Gasteiger partial charge in [-0.2, -0.15) is 0 Å². The zero-order valence-electron chi connectivity index (χ0n) is 17.2. The molecule has 152 valence electrons. The maximum Gasteiger partial charge on any atom is 0.260 e. The third kappa shape index (κ3) is 3.59. The highest BCUT2D eigenvalue weighted by Gasteiger charge is 2.39. The molecular formula is C25H25N3O2. The first-order chi connectivity index (χ1) is 14.6. The van der Waals surface area contributed by atoms with Gasteiger partial charge >= 0.3 is 0 Å². The van der Waals surface area contributed by atoms with Crippen LogP contribution < -0.4 is 9.80 Å². The molecule has 4 rings (SSSR count). The smallest absolute Gasteiger partial charge is 0.260 e. The molecule has 2 aromatic carbocycles. The molecule has 2 amide bonds. The maximum atomic E-state index is 13.4. The van der Waals surface area contributed by atoms with E-state index in [1.807, 2.05) is 64.4 Å². The fourth-order valence-electron chi connectivity index (χ4n) is 4.34. The van der Waals surface area contributed by atoms with Gasteiger partial charge in [-0.05, 0) is 48.7 Å². The van der Waals surface area contributed by atoms with Crippen LogP contribution in [0.2, 0.25) is 0 Å². The van der Waals surface area contributed by atoms with Gasteiger partial charge in [-0.1, -0.05) is 43.3 Å². The molecule has 0 saturated carbocycles. The molecule has 0 radical (unpaired) electrons. The summed E-state index contributed by atoms with van der Waals surface area (Å²) in [5, 5.41) is 0. The number of fused-ring (bicyclic) bond motifs is 1. The van der Waals surface area contributed by atoms with Gasteiger partial charge in [0.2, 0.25) is 5.91 Å². The molecule has 2 atom stereocenters. The molecule has 5 heteroatoms. The van der Waals surface area contributed by atoms with E-state index in [9.17, 15) is 9.59 Å². The number of anilines is 2. The Bertz CT molecular complexity index is 1040. The van der Waals surface area contributed by atoms with Crippen LogP contribution in [0.5, 0.6) is 0 Å². The molecule has 1 aliphatic rings. The van der Waals surface area contributed by atoms with Crippen LogP contribution in [0.4, 0.5) is 11.4 Å². The summed E-state index contributed by atoms with van der Waals surface area (Å²) in [6.45, 7) is 3.68. The summed E-state index contributed by atoms with van der Waals surface area (Å²) in [7, 11) is 0. The number of carbonyl (C=O) groups is 2. The molecule has 5 nitrogen and oxygen atoms in total. The lowest BCUT2D eigenvalue weighted by Crippen LogP contribution is -2.48. The second kappa shape index (κ2) is 8.49. The Morgan fingerprint density at radius 3 is 2.43 bits per heavy atom. The third-order valence-electron chi connectivity index (χ3n) is 5.70. The van der Waals surface area contributed by atoms with Crippen molar-refractivity contribution >= 4 is 23.2 Å². The zero-order valence-corrected chi connectivity index (χ0v) is 17.2. The largest absolute Gasteiger partial charge is 0.305 e. The van der Waals surface area contributed by atoms with Gasteiger partial charge in [0.25, 0.3) is 5.91 Å². The Balaban J connectivity index is 1.82. The highest BCUT2D eigenvalue weighted by Crippen LogP contribution is 2.43. The summed E-state index contributed by atoms with van der Waals surface area (Å²) < 4.78 is 0. The van der Waals surface area contributed by atoms with Crippen LogP contribution in [-0.4, -0.2) is 22.8 Å². The number of pyridine rings is 1. The van der Waals surface area contributed by atoms with Crippen molar-refractivity contribution in [3.63, 3.8) is 0 Å². The highest BCUT2D eigenvalue weighted by molar-refractivity contribution is 6.07. The Hall–Kier alpha value is -3.47. The molecule has 0 aliphatic carbocycles. The van der Waals surface area contributed by atoms with Crippen molar-refractivity contribution in [1.29, 1.82) is 0 Å². The lowest BCUT2D eigenvalue weighted by molar-refractivity contribution is -0.117. The van der Waals surface area contributed by atoms with E-state index < -0.39 is 0 Å². The summed E-state index contributed by atoms with van der Waals surface area (Å²) in [4.78, 5) is 34.0. The van der Waals surface area contributed by atoms with Gasteiger partial charge in [0, 0.05) is 36.7 Å². The molecule has 0 spiro atoms. The van der Waals surface area contributed by atoms with Gasteiger partial charge in [0.1, 0.15) is 0 Å². The molecule has 0 bridgehead atoms. The second-order valence-electron chi connectivity index (χ2n) is 7.51. The van der Waals surface area contributed by atoms with Crippen molar-refractivity contribution in [3.8, 4) is 0 Å². The molecule has 0 fully saturated rings. The second-order valence-corrected chi connectivity index (χ2v) is 7.51. The fourth-order valence-corrected chi connectivity index (χ4v) is 4.34. The molecule has 3 aromatic rings. The SMILES string of the molecule is CCC1CC(N(C(C)=O)c2ccccc2)c2ccccc2N1C(=O)c1cccnc1. The monoisotopic (exact) mass is 399 g/mol. The zero-order chi connectivity index (χ0) is 21.1. The summed E-state index contributed by atoms with van der Waals surface area (Å²) in [6, 6.07) is 21.1. The molecule has 30 heavy (non-hydrogen) atoms. The van der Waals surface area contributed by atoms with E-state index in [0.717, 1.165) is 23.4 Å². The van der Waals surface area contributed by atoms with Gasteiger partial charge in [0.15, 0.2) is 0 Å². The predicted octanol–water partition coefficient (Wildman–Crippen LogP) is 5.00. The topological polar surface area (TPSA) is 53.5 Å². The minimum Gasteiger partial charge on any atom is -0.305 e. The Morgan fingerprint density at radius 2 is 1.77 bits per heavy atom. The molecule has 1 aromatic heterocycles. The molecular weight excluding hydrogens is 374 g/mol. The number of carbonyl (C=O) groups excluding carboxylic acids is 2. The normalized spacial score (nSPS) is 17.9. The number of para-hydroxylation sites is 2. The summed E-state index contributed by atoms with van der Waals surface area (Å²) >= 11 is 0. The van der Waals surface area contributed by atoms with Crippen LogP contribution in [0, 0.1) is 0 Å². The lowest BCUT2D eigenvalue weighted by Gasteiger charge is -2.44. The van der Waals surface area contributed by atoms with Crippen molar-refractivity contribution in [2.24, 2.45) is 0 Å². The maximum absolute atomic E-state index is 13.4. The molecule has 1 aliphatic heterocycles. The minimum atomic E-state index is -0.135. The number of nitrogens with zero attached hydrogens (tertiary/aromatic N) is 3. The Kier molecular flexibility index (Phi) is 5.61. The van der Waals surface area contributed by atoms with Crippen molar-refractivity contribution in [1.82, 2.24) is 4.98 Å². The van der Waals surface area contributed by atoms with E-state index in [-0.39, 0.29) is 23.9 Å². The van der Waals surface area contributed by atoms with E-state index in [1.165, 1.54) is 0 Å². The van der Waals surface area contributed by atoms with Gasteiger partial charge in [-0.3, -0.25) is 14.6 Å². The summed E-state index contributed by atoms with van der Waals surface area (Å²) in [5.41, 5.74) is 3.28. The van der Waals surface area contributed by atoms with E-state index in [1.54, 1.807) is 31.5 Å². The average Bonchev–Trinajstić information content (AvgIpc) is 2.79. The Morgan fingerprint density at radius 1 is 1.03 bits per heavy atom. The van der Waals surface area contributed by atoms with Crippen LogP contribution in [-0.2, 0) is 4.79 Å². The van der Waals surface area contributed by atoms with Crippen molar-refractivity contribution in [2.45, 2.75) is 38.8 Å². The first-order valence-electron chi connectivity index (χ1n) is 10.3. The van der Waals surface area contributed by atoms with Crippen molar-refractivity contribution < 1.29 is 9.59 Å². The van der Waals surface area contributed by atoms with Gasteiger partial charge in [-0.25, -0.2) is 0 Å². The third-order valence-corrected chi connectivity index (χ3v) is 5.70. The molecule has 0 N–H and O–H groups in total. The number of rotatable bonds is 4. The van der Waals surface area contributed by atoms with Crippen LogP contribution in [0.1, 0.15) is 48.7 Å². The summed E-state index contributed by atoms with van der Waals surface area (Å²) in [5.74, 6) is -0.0715.